The van der Waals surface area contributed by atoms with Crippen LogP contribution in [0.5, 0.6) is 5.75 Å². The second-order valence-corrected chi connectivity index (χ2v) is 5.23. The Morgan fingerprint density at radius 2 is 1.50 bits per heavy atom. The van der Waals surface area contributed by atoms with Crippen LogP contribution >= 0.6 is 46.4 Å². The third-order valence-electron chi connectivity index (χ3n) is 2.46. The molecule has 0 heterocycles. The molecule has 2 aromatic carbocycles. The van der Waals surface area contributed by atoms with Crippen LogP contribution in [-0.4, -0.2) is 7.11 Å². The zero-order valence-corrected chi connectivity index (χ0v) is 12.3. The van der Waals surface area contributed by atoms with Gasteiger partial charge in [0.15, 0.2) is 0 Å². The van der Waals surface area contributed by atoms with E-state index >= 15 is 0 Å². The van der Waals surface area contributed by atoms with Crippen molar-refractivity contribution in [3.05, 3.63) is 50.4 Å². The van der Waals surface area contributed by atoms with Crippen molar-refractivity contribution in [2.45, 2.75) is 0 Å². The van der Waals surface area contributed by atoms with E-state index in [2.05, 4.69) is 0 Å². The minimum Gasteiger partial charge on any atom is -0.496 e. The van der Waals surface area contributed by atoms with Gasteiger partial charge in [0.25, 0.3) is 0 Å². The summed E-state index contributed by atoms with van der Waals surface area (Å²) in [5.41, 5.74) is 1.67. The Balaban J connectivity index is 2.62. The first kappa shape index (κ1) is 13.8. The van der Waals surface area contributed by atoms with E-state index in [4.69, 9.17) is 51.1 Å². The maximum Gasteiger partial charge on any atom is 0.128 e. The molecule has 0 fully saturated rings. The van der Waals surface area contributed by atoms with Crippen molar-refractivity contribution < 1.29 is 4.74 Å². The van der Waals surface area contributed by atoms with Gasteiger partial charge in [0.05, 0.1) is 22.2 Å². The molecular weight excluding hydrogens is 314 g/mol. The van der Waals surface area contributed by atoms with Crippen LogP contribution < -0.4 is 4.74 Å². The maximum atomic E-state index is 6.01. The fourth-order valence-electron chi connectivity index (χ4n) is 1.61. The van der Waals surface area contributed by atoms with Gasteiger partial charge in [0.1, 0.15) is 5.75 Å². The highest BCUT2D eigenvalue weighted by molar-refractivity contribution is 6.48. The lowest BCUT2D eigenvalue weighted by atomic mass is 10.0. The summed E-state index contributed by atoms with van der Waals surface area (Å²) in [4.78, 5) is 0. The van der Waals surface area contributed by atoms with Crippen LogP contribution in [-0.2, 0) is 0 Å². The molecule has 0 saturated heterocycles. The molecule has 2 rings (SSSR count). The molecule has 0 spiro atoms. The smallest absolute Gasteiger partial charge is 0.128 e. The Kier molecular flexibility index (Phi) is 4.29. The zero-order valence-electron chi connectivity index (χ0n) is 9.31. The van der Waals surface area contributed by atoms with E-state index in [1.807, 2.05) is 6.07 Å². The Labute approximate surface area is 125 Å². The van der Waals surface area contributed by atoms with Crippen LogP contribution in [0, 0.1) is 0 Å². The lowest BCUT2D eigenvalue weighted by Crippen LogP contribution is -1.88. The van der Waals surface area contributed by atoms with Crippen molar-refractivity contribution >= 4 is 46.4 Å². The molecule has 1 nitrogen and oxygen atoms in total. The first-order valence-electron chi connectivity index (χ1n) is 5.01. The second kappa shape index (κ2) is 5.58. The number of ether oxygens (including phenoxy) is 1. The molecular formula is C13H8Cl4O. The van der Waals surface area contributed by atoms with E-state index in [0.717, 1.165) is 11.1 Å². The fourth-order valence-corrected chi connectivity index (χ4v) is 2.37. The first-order valence-corrected chi connectivity index (χ1v) is 6.52. The number of benzene rings is 2. The van der Waals surface area contributed by atoms with Gasteiger partial charge in [-0.15, -0.1) is 0 Å². The molecule has 0 atom stereocenters. The van der Waals surface area contributed by atoms with Gasteiger partial charge >= 0.3 is 0 Å². The highest BCUT2D eigenvalue weighted by Gasteiger charge is 2.11. The van der Waals surface area contributed by atoms with Crippen LogP contribution in [0.4, 0.5) is 0 Å². The summed E-state index contributed by atoms with van der Waals surface area (Å²) < 4.78 is 5.29. The van der Waals surface area contributed by atoms with Gasteiger partial charge < -0.3 is 4.74 Å². The average molecular weight is 322 g/mol. The first-order chi connectivity index (χ1) is 8.52. The van der Waals surface area contributed by atoms with Crippen LogP contribution in [0.1, 0.15) is 0 Å². The normalized spacial score (nSPS) is 10.5. The van der Waals surface area contributed by atoms with E-state index < -0.39 is 0 Å². The van der Waals surface area contributed by atoms with Crippen LogP contribution in [0.2, 0.25) is 20.1 Å². The molecule has 0 aliphatic heterocycles. The fraction of sp³-hybridized carbons (Fsp3) is 0.0769. The molecule has 0 aromatic heterocycles. The third-order valence-corrected chi connectivity index (χ3v) is 3.89. The van der Waals surface area contributed by atoms with Crippen molar-refractivity contribution in [1.29, 1.82) is 0 Å². The maximum absolute atomic E-state index is 6.01. The molecule has 0 aliphatic carbocycles. The topological polar surface area (TPSA) is 9.23 Å². The molecule has 0 unspecified atom stereocenters. The number of rotatable bonds is 2. The molecule has 18 heavy (non-hydrogen) atoms. The molecule has 0 bridgehead atoms. The molecule has 0 N–H and O–H groups in total. The van der Waals surface area contributed by atoms with E-state index in [-0.39, 0.29) is 0 Å². The summed E-state index contributed by atoms with van der Waals surface area (Å²) >= 11 is 23.9. The van der Waals surface area contributed by atoms with Gasteiger partial charge in [-0.3, -0.25) is 0 Å². The van der Waals surface area contributed by atoms with Gasteiger partial charge in [-0.25, -0.2) is 0 Å². The lowest BCUT2D eigenvalue weighted by molar-refractivity contribution is 0.416. The second-order valence-electron chi connectivity index (χ2n) is 3.60. The lowest BCUT2D eigenvalue weighted by Gasteiger charge is -2.10. The van der Waals surface area contributed by atoms with E-state index in [9.17, 15) is 0 Å². The van der Waals surface area contributed by atoms with Crippen molar-refractivity contribution in [1.82, 2.24) is 0 Å². The number of hydrogen-bond donors (Lipinski definition) is 0. The van der Waals surface area contributed by atoms with Gasteiger partial charge in [-0.05, 0) is 35.9 Å². The van der Waals surface area contributed by atoms with Crippen molar-refractivity contribution in [3.63, 3.8) is 0 Å². The standard InChI is InChI=1S/C13H8Cl4O/c1-18-12-6-8(14)2-3-9(12)7-4-10(15)13(17)11(16)5-7/h2-6H,1H3. The van der Waals surface area contributed by atoms with E-state index in [1.54, 1.807) is 31.4 Å². The average Bonchev–Trinajstić information content (AvgIpc) is 2.35. The summed E-state index contributed by atoms with van der Waals surface area (Å²) in [5, 5.41) is 1.74. The number of hydrogen-bond acceptors (Lipinski definition) is 1. The van der Waals surface area contributed by atoms with Gasteiger partial charge in [0.2, 0.25) is 0 Å². The third kappa shape index (κ3) is 2.70. The summed E-state index contributed by atoms with van der Waals surface area (Å²) in [6.45, 7) is 0. The van der Waals surface area contributed by atoms with E-state index in [0.29, 0.717) is 25.8 Å². The number of methoxy groups -OCH3 is 1. The molecule has 2 aromatic rings. The van der Waals surface area contributed by atoms with Gasteiger partial charge in [-0.1, -0.05) is 46.4 Å². The van der Waals surface area contributed by atoms with Gasteiger partial charge in [0, 0.05) is 10.6 Å². The molecule has 0 saturated carbocycles. The highest BCUT2D eigenvalue weighted by Crippen LogP contribution is 2.38. The van der Waals surface area contributed by atoms with Crippen LogP contribution in [0.25, 0.3) is 11.1 Å². The van der Waals surface area contributed by atoms with Crippen LogP contribution in [0.15, 0.2) is 30.3 Å². The zero-order chi connectivity index (χ0) is 13.3. The Hall–Kier alpha value is -0.600. The SMILES string of the molecule is COc1cc(Cl)ccc1-c1cc(Cl)c(Cl)c(Cl)c1. The van der Waals surface area contributed by atoms with Crippen LogP contribution in [0.3, 0.4) is 0 Å². The predicted octanol–water partition coefficient (Wildman–Crippen LogP) is 5.98. The Morgan fingerprint density at radius 3 is 2.06 bits per heavy atom. The van der Waals surface area contributed by atoms with Crippen molar-refractivity contribution in [3.8, 4) is 16.9 Å². The predicted molar refractivity (Wildman–Crippen MR) is 78.5 cm³/mol. The molecule has 0 aliphatic rings. The minimum absolute atomic E-state index is 0.343. The summed E-state index contributed by atoms with van der Waals surface area (Å²) in [7, 11) is 1.58. The minimum atomic E-state index is 0.343. The Bertz CT molecular complexity index is 573. The monoisotopic (exact) mass is 320 g/mol. The van der Waals surface area contributed by atoms with Gasteiger partial charge in [-0.2, -0.15) is 0 Å². The molecule has 0 radical (unpaired) electrons. The number of halogens is 4. The van der Waals surface area contributed by atoms with Crippen molar-refractivity contribution in [2.75, 3.05) is 7.11 Å². The van der Waals surface area contributed by atoms with E-state index in [1.165, 1.54) is 0 Å². The highest BCUT2D eigenvalue weighted by atomic mass is 35.5. The molecule has 0 amide bonds. The molecule has 94 valence electrons. The summed E-state index contributed by atoms with van der Waals surface area (Å²) in [6.07, 6.45) is 0. The van der Waals surface area contributed by atoms with Crippen molar-refractivity contribution in [2.24, 2.45) is 0 Å². The summed E-state index contributed by atoms with van der Waals surface area (Å²) in [5.74, 6) is 0.650. The largest absolute Gasteiger partial charge is 0.496 e. The molecule has 5 heteroatoms. The quantitative estimate of drug-likeness (QED) is 0.618. The Morgan fingerprint density at radius 1 is 0.889 bits per heavy atom. The summed E-state index contributed by atoms with van der Waals surface area (Å²) in [6, 6.07) is 8.82.